The molecule has 1 N–H and O–H groups in total. The number of benzene rings is 1. The highest BCUT2D eigenvalue weighted by atomic mass is 32.2. The minimum Gasteiger partial charge on any atom is -0.443 e. The fourth-order valence-electron chi connectivity index (χ4n) is 4.37. The number of halogens is 3. The fourth-order valence-corrected chi connectivity index (χ4v) is 5.97. The Morgan fingerprint density at radius 2 is 1.97 bits per heavy atom. The zero-order chi connectivity index (χ0) is 26.4. The molecule has 3 aromatic heterocycles. The van der Waals surface area contributed by atoms with Gasteiger partial charge in [-0.05, 0) is 42.7 Å². The second-order valence-corrected chi connectivity index (χ2v) is 10.5. The van der Waals surface area contributed by atoms with Gasteiger partial charge in [-0.25, -0.2) is 8.42 Å². The number of nitrogens with one attached hydrogen (secondary N) is 1. The fraction of sp³-hybridized carbons (Fsp3) is 0.292. The molecule has 1 fully saturated rings. The van der Waals surface area contributed by atoms with Gasteiger partial charge < -0.3 is 9.73 Å². The van der Waals surface area contributed by atoms with E-state index in [9.17, 15) is 26.4 Å². The summed E-state index contributed by atoms with van der Waals surface area (Å²) in [4.78, 5) is 17.1. The average molecular weight is 534 g/mol. The number of carbonyl (C=O) groups excluding carboxylic acids is 1. The van der Waals surface area contributed by atoms with Crippen LogP contribution in [-0.4, -0.2) is 46.0 Å². The maximum absolute atomic E-state index is 13.3. The van der Waals surface area contributed by atoms with Crippen molar-refractivity contribution < 1.29 is 30.8 Å². The highest BCUT2D eigenvalue weighted by molar-refractivity contribution is 7.89. The Kier molecular flexibility index (Phi) is 6.28. The Morgan fingerprint density at radius 1 is 1.19 bits per heavy atom. The van der Waals surface area contributed by atoms with Crippen LogP contribution in [0.25, 0.3) is 22.4 Å². The molecule has 1 atom stereocenters. The van der Waals surface area contributed by atoms with E-state index in [-0.39, 0.29) is 29.6 Å². The van der Waals surface area contributed by atoms with Crippen molar-refractivity contribution >= 4 is 26.9 Å². The molecule has 4 heterocycles. The van der Waals surface area contributed by atoms with Gasteiger partial charge in [0, 0.05) is 37.8 Å². The Labute approximate surface area is 209 Å². The van der Waals surface area contributed by atoms with E-state index in [0.717, 1.165) is 15.1 Å². The summed E-state index contributed by atoms with van der Waals surface area (Å²) in [6.07, 6.45) is -2.30. The van der Waals surface area contributed by atoms with Crippen molar-refractivity contribution in [2.24, 2.45) is 7.05 Å². The van der Waals surface area contributed by atoms with Gasteiger partial charge in [0.2, 0.25) is 11.0 Å². The third-order valence-corrected chi connectivity index (χ3v) is 7.96. The predicted molar refractivity (Wildman–Crippen MR) is 126 cm³/mol. The minimum absolute atomic E-state index is 0.0351. The predicted octanol–water partition coefficient (Wildman–Crippen LogP) is 3.72. The Bertz CT molecular complexity index is 1550. The van der Waals surface area contributed by atoms with Crippen LogP contribution in [-0.2, 0) is 34.6 Å². The molecule has 13 heteroatoms. The summed E-state index contributed by atoms with van der Waals surface area (Å²) in [7, 11) is -2.65. The van der Waals surface area contributed by atoms with Gasteiger partial charge in [-0.2, -0.15) is 22.6 Å². The summed E-state index contributed by atoms with van der Waals surface area (Å²) in [6, 6.07) is 11.5. The molecule has 4 aromatic rings. The highest BCUT2D eigenvalue weighted by Crippen LogP contribution is 2.32. The molecule has 0 unspecified atom stereocenters. The Hall–Kier alpha value is -3.71. The summed E-state index contributed by atoms with van der Waals surface area (Å²) in [5.74, 6) is -0.476. The largest absolute Gasteiger partial charge is 0.443 e. The summed E-state index contributed by atoms with van der Waals surface area (Å²) in [5, 5.41) is 6.66. The van der Waals surface area contributed by atoms with Crippen LogP contribution >= 0.6 is 0 Å². The second kappa shape index (κ2) is 9.30. The molecule has 1 aromatic carbocycles. The van der Waals surface area contributed by atoms with Crippen molar-refractivity contribution in [1.82, 2.24) is 24.4 Å². The monoisotopic (exact) mass is 533 g/mol. The topological polar surface area (TPSA) is 110 Å². The molecule has 9 nitrogen and oxygen atoms in total. The lowest BCUT2D eigenvalue weighted by Gasteiger charge is -2.22. The van der Waals surface area contributed by atoms with Crippen molar-refractivity contribution in [3.63, 3.8) is 0 Å². The number of sulfonamides is 1. The van der Waals surface area contributed by atoms with Gasteiger partial charge in [-0.15, -0.1) is 0 Å². The number of para-hydroxylation sites is 1. The summed E-state index contributed by atoms with van der Waals surface area (Å²) < 4.78 is 73.3. The number of hydrogen-bond acceptors (Lipinski definition) is 6. The van der Waals surface area contributed by atoms with Gasteiger partial charge in [0.1, 0.15) is 11.6 Å². The normalized spacial score (nSPS) is 16.9. The van der Waals surface area contributed by atoms with Crippen LogP contribution in [0, 0.1) is 0 Å². The molecule has 0 radical (unpaired) electrons. The molecule has 0 saturated carbocycles. The van der Waals surface area contributed by atoms with Crippen molar-refractivity contribution in [2.75, 3.05) is 6.54 Å². The number of rotatable bonds is 6. The number of aromatic nitrogens is 3. The van der Waals surface area contributed by atoms with Crippen LogP contribution in [0.2, 0.25) is 0 Å². The molecule has 5 rings (SSSR count). The lowest BCUT2D eigenvalue weighted by atomic mass is 10.1. The standard InChI is InChI=1S/C24H22F3N5O4S/c1-31-19(13-21(30-31)24(25,26)27)17-11-15(8-9-28-17)14-29-23(33)18-6-4-10-32(18)37(34,35)22-12-16-5-2-3-7-20(16)36-22/h2-3,5,7-9,11-13,18H,4,6,10,14H2,1H3,(H,29,33)/t18-/m0/s1. The molecule has 194 valence electrons. The molecule has 37 heavy (non-hydrogen) atoms. The number of aryl methyl sites for hydroxylation is 1. The number of hydrogen-bond donors (Lipinski definition) is 1. The van der Waals surface area contributed by atoms with E-state index in [0.29, 0.717) is 29.4 Å². The first-order valence-electron chi connectivity index (χ1n) is 11.4. The summed E-state index contributed by atoms with van der Waals surface area (Å²) >= 11 is 0. The number of amides is 1. The van der Waals surface area contributed by atoms with E-state index < -0.39 is 33.8 Å². The lowest BCUT2D eigenvalue weighted by molar-refractivity contribution is -0.141. The van der Waals surface area contributed by atoms with Crippen LogP contribution in [0.3, 0.4) is 0 Å². The van der Waals surface area contributed by atoms with E-state index in [1.807, 2.05) is 0 Å². The molecule has 0 spiro atoms. The minimum atomic E-state index is -4.59. The first kappa shape index (κ1) is 25.0. The molecule has 1 amide bonds. The van der Waals surface area contributed by atoms with Crippen molar-refractivity contribution in [1.29, 1.82) is 0 Å². The molecule has 0 bridgehead atoms. The van der Waals surface area contributed by atoms with Crippen LogP contribution in [0.5, 0.6) is 0 Å². The first-order valence-corrected chi connectivity index (χ1v) is 12.8. The molecule has 1 aliphatic heterocycles. The molecule has 1 saturated heterocycles. The molecular formula is C24H22F3N5O4S. The number of pyridine rings is 1. The Balaban J connectivity index is 1.30. The number of fused-ring (bicyclic) bond motifs is 1. The van der Waals surface area contributed by atoms with Gasteiger partial charge in [0.25, 0.3) is 10.0 Å². The summed E-state index contributed by atoms with van der Waals surface area (Å²) in [6.45, 7) is 0.215. The van der Waals surface area contributed by atoms with Gasteiger partial charge in [0.05, 0.1) is 11.4 Å². The molecular weight excluding hydrogens is 511 g/mol. The van der Waals surface area contributed by atoms with Crippen molar-refractivity contribution in [2.45, 2.75) is 36.7 Å². The highest BCUT2D eigenvalue weighted by Gasteiger charge is 2.41. The maximum Gasteiger partial charge on any atom is 0.435 e. The van der Waals surface area contributed by atoms with Crippen LogP contribution in [0.1, 0.15) is 24.1 Å². The van der Waals surface area contributed by atoms with Gasteiger partial charge >= 0.3 is 6.18 Å². The molecule has 1 aliphatic rings. The smallest absolute Gasteiger partial charge is 0.435 e. The van der Waals surface area contributed by atoms with E-state index in [1.54, 1.807) is 36.4 Å². The maximum atomic E-state index is 13.3. The van der Waals surface area contributed by atoms with Crippen LogP contribution in [0.4, 0.5) is 13.2 Å². The first-order chi connectivity index (χ1) is 17.5. The lowest BCUT2D eigenvalue weighted by Crippen LogP contribution is -2.45. The van der Waals surface area contributed by atoms with E-state index in [2.05, 4.69) is 15.4 Å². The van der Waals surface area contributed by atoms with Gasteiger partial charge in [-0.3, -0.25) is 14.5 Å². The Morgan fingerprint density at radius 3 is 2.70 bits per heavy atom. The molecule has 0 aliphatic carbocycles. The van der Waals surface area contributed by atoms with Gasteiger partial charge in [-0.1, -0.05) is 18.2 Å². The average Bonchev–Trinajstić information content (AvgIpc) is 3.60. The zero-order valence-corrected chi connectivity index (χ0v) is 20.4. The number of furan rings is 1. The van der Waals surface area contributed by atoms with Crippen LogP contribution in [0.15, 0.2) is 64.2 Å². The zero-order valence-electron chi connectivity index (χ0n) is 19.6. The third kappa shape index (κ3) is 4.83. The third-order valence-electron chi connectivity index (χ3n) is 6.20. The van der Waals surface area contributed by atoms with Crippen molar-refractivity contribution in [3.05, 3.63) is 66.0 Å². The second-order valence-electron chi connectivity index (χ2n) is 8.68. The van der Waals surface area contributed by atoms with Crippen molar-refractivity contribution in [3.8, 4) is 11.4 Å². The van der Waals surface area contributed by atoms with E-state index in [4.69, 9.17) is 4.42 Å². The van der Waals surface area contributed by atoms with Gasteiger partial charge in [0.15, 0.2) is 5.69 Å². The summed E-state index contributed by atoms with van der Waals surface area (Å²) in [5.41, 5.74) is 0.410. The van der Waals surface area contributed by atoms with Crippen LogP contribution < -0.4 is 5.32 Å². The van der Waals surface area contributed by atoms with E-state index >= 15 is 0 Å². The van der Waals surface area contributed by atoms with E-state index in [1.165, 1.54) is 19.3 Å². The SMILES string of the molecule is Cn1nc(C(F)(F)F)cc1-c1cc(CNC(=O)[C@@H]2CCCN2S(=O)(=O)c2cc3ccccc3o2)ccn1. The number of alkyl halides is 3. The number of carbonyl (C=O) groups is 1. The number of nitrogens with zero attached hydrogens (tertiary/aromatic N) is 4. The quantitative estimate of drug-likeness (QED) is 0.405.